The van der Waals surface area contributed by atoms with Gasteiger partial charge in [-0.3, -0.25) is 29.0 Å². The van der Waals surface area contributed by atoms with Gasteiger partial charge in [0.25, 0.3) is 5.91 Å². The van der Waals surface area contributed by atoms with E-state index in [9.17, 15) is 39.6 Å². The van der Waals surface area contributed by atoms with Crippen LogP contribution in [0, 0.1) is 11.8 Å². The van der Waals surface area contributed by atoms with E-state index in [0.717, 1.165) is 25.9 Å². The van der Waals surface area contributed by atoms with Gasteiger partial charge < -0.3 is 36.4 Å². The number of nitrogens with one attached hydrogen (secondary N) is 1. The molecule has 232 valence electrons. The minimum atomic E-state index is -2.72. The Morgan fingerprint density at radius 2 is 1.74 bits per heavy atom. The van der Waals surface area contributed by atoms with Crippen molar-refractivity contribution in [2.75, 3.05) is 51.5 Å². The Balaban J connectivity index is 1.65. The summed E-state index contributed by atoms with van der Waals surface area (Å²) in [5.74, 6) is -7.58. The molecule has 0 aromatic heterocycles. The molecule has 0 radical (unpaired) electrons. The highest BCUT2D eigenvalue weighted by atomic mass is 16.3. The van der Waals surface area contributed by atoms with E-state index in [1.165, 1.54) is 4.90 Å². The molecule has 7 N–H and O–H groups in total. The number of carbonyl (C=O) groups excluding carboxylic acids is 4. The zero-order valence-electron chi connectivity index (χ0n) is 25.0. The minimum absolute atomic E-state index is 0.00870. The molecule has 2 fully saturated rings. The van der Waals surface area contributed by atoms with Crippen LogP contribution in [0.3, 0.4) is 0 Å². The second-order valence-corrected chi connectivity index (χ2v) is 12.4. The number of nitrogens with two attached hydrogens (primary N) is 1. The smallest absolute Gasteiger partial charge is 0.255 e. The molecule has 0 spiro atoms. The first-order valence-electron chi connectivity index (χ1n) is 14.4. The largest absolute Gasteiger partial charge is 0.508 e. The SMILES string of the molecule is CC(C(=O)Nc1cc(N(C)C)c2c(c1O)C(O)=C1C(=O)[C@]3(O)C(O)=C(C(N)=O)C(=O)[C@@H](N(C)C)C3CC1C2)N1CCCC1. The second kappa shape index (κ2) is 10.6. The van der Waals surface area contributed by atoms with Crippen molar-refractivity contribution in [3.8, 4) is 5.75 Å². The monoisotopic (exact) mass is 597 g/mol. The van der Waals surface area contributed by atoms with Gasteiger partial charge in [-0.2, -0.15) is 0 Å². The van der Waals surface area contributed by atoms with Crippen LogP contribution < -0.4 is 16.0 Å². The molecule has 13 heteroatoms. The van der Waals surface area contributed by atoms with Crippen molar-refractivity contribution >= 4 is 40.5 Å². The molecule has 13 nitrogen and oxygen atoms in total. The van der Waals surface area contributed by atoms with Crippen molar-refractivity contribution in [1.29, 1.82) is 0 Å². The lowest BCUT2D eigenvalue weighted by Gasteiger charge is -2.50. The lowest BCUT2D eigenvalue weighted by atomic mass is 9.57. The number of likely N-dealkylation sites (N-methyl/N-ethyl adjacent to an activating group) is 1. The Morgan fingerprint density at radius 3 is 2.30 bits per heavy atom. The van der Waals surface area contributed by atoms with Crippen molar-refractivity contribution < 1.29 is 39.6 Å². The number of aliphatic hydroxyl groups excluding tert-OH is 2. The van der Waals surface area contributed by atoms with E-state index in [4.69, 9.17) is 5.73 Å². The van der Waals surface area contributed by atoms with Gasteiger partial charge in [0.05, 0.1) is 23.3 Å². The van der Waals surface area contributed by atoms with Gasteiger partial charge in [-0.15, -0.1) is 0 Å². The fourth-order valence-electron chi connectivity index (χ4n) is 7.32. The molecule has 3 aliphatic carbocycles. The third kappa shape index (κ3) is 4.48. The fourth-order valence-corrected chi connectivity index (χ4v) is 7.32. The number of amides is 2. The average molecular weight is 598 g/mol. The molecule has 1 saturated carbocycles. The molecule has 3 unspecified atom stereocenters. The van der Waals surface area contributed by atoms with Crippen LogP contribution in [0.5, 0.6) is 5.75 Å². The summed E-state index contributed by atoms with van der Waals surface area (Å²) in [6, 6.07) is -0.00643. The topological polar surface area (TPSA) is 197 Å². The van der Waals surface area contributed by atoms with Crippen molar-refractivity contribution in [3.05, 3.63) is 34.1 Å². The zero-order valence-corrected chi connectivity index (χ0v) is 25.0. The number of primary amides is 1. The number of anilines is 2. The van der Waals surface area contributed by atoms with Crippen LogP contribution in [0.25, 0.3) is 5.76 Å². The third-order valence-electron chi connectivity index (χ3n) is 9.50. The van der Waals surface area contributed by atoms with Crippen molar-refractivity contribution in [2.24, 2.45) is 17.6 Å². The number of hydrogen-bond acceptors (Lipinski definition) is 11. The van der Waals surface area contributed by atoms with Gasteiger partial charge in [-0.05, 0) is 77.3 Å². The summed E-state index contributed by atoms with van der Waals surface area (Å²) in [5.41, 5.74) is 2.61. The molecule has 43 heavy (non-hydrogen) atoms. The normalized spacial score (nSPS) is 28.0. The van der Waals surface area contributed by atoms with E-state index < -0.39 is 69.8 Å². The van der Waals surface area contributed by atoms with Crippen LogP contribution in [-0.4, -0.2) is 113 Å². The molecular weight excluding hydrogens is 558 g/mol. The first-order valence-corrected chi connectivity index (χ1v) is 14.4. The number of likely N-dealkylation sites (tertiary alicyclic amines) is 1. The highest BCUT2D eigenvalue weighted by Crippen LogP contribution is 2.54. The van der Waals surface area contributed by atoms with Gasteiger partial charge >= 0.3 is 0 Å². The quantitative estimate of drug-likeness (QED) is 0.197. The standard InChI is InChI=1S/C30H39N5O8/c1-13(35-8-6-7-9-35)29(42)32-17-12-18(33(2)3)15-10-14-11-16-22(34(4)5)25(38)21(28(31)41)27(40)30(16,43)26(39)19(14)24(37)20(15)23(17)36/h12-14,16,22,36-37,40,43H,6-11H2,1-5H3,(H2,31,41)(H,32,42)/t13?,14?,16?,22-,30-/m0/s1. The highest BCUT2D eigenvalue weighted by Gasteiger charge is 2.64. The number of nitrogens with zero attached hydrogens (tertiary/aromatic N) is 3. The molecule has 5 rings (SSSR count). The van der Waals surface area contributed by atoms with E-state index in [-0.39, 0.29) is 35.6 Å². The van der Waals surface area contributed by atoms with E-state index >= 15 is 0 Å². The van der Waals surface area contributed by atoms with Crippen molar-refractivity contribution in [1.82, 2.24) is 9.80 Å². The van der Waals surface area contributed by atoms with Gasteiger partial charge in [0.2, 0.25) is 11.7 Å². The molecule has 1 aromatic carbocycles. The number of rotatable bonds is 6. The van der Waals surface area contributed by atoms with Crippen LogP contribution in [0.4, 0.5) is 11.4 Å². The summed E-state index contributed by atoms with van der Waals surface area (Å²) in [7, 11) is 6.64. The van der Waals surface area contributed by atoms with E-state index in [1.807, 2.05) is 4.90 Å². The molecule has 1 heterocycles. The maximum atomic E-state index is 14.1. The number of aliphatic hydroxyl groups is 3. The first kappa shape index (κ1) is 30.5. The maximum absolute atomic E-state index is 14.1. The number of hydrogen-bond donors (Lipinski definition) is 6. The predicted molar refractivity (Wildman–Crippen MR) is 157 cm³/mol. The summed E-state index contributed by atoms with van der Waals surface area (Å²) in [6.45, 7) is 3.35. The summed E-state index contributed by atoms with van der Waals surface area (Å²) in [6.07, 6.45) is 2.12. The van der Waals surface area contributed by atoms with Gasteiger partial charge in [-0.25, -0.2) is 0 Å². The maximum Gasteiger partial charge on any atom is 0.255 e. The number of ketones is 2. The average Bonchev–Trinajstić information content (AvgIpc) is 3.46. The molecule has 1 saturated heterocycles. The van der Waals surface area contributed by atoms with E-state index in [2.05, 4.69) is 5.32 Å². The second-order valence-electron chi connectivity index (χ2n) is 12.4. The summed E-state index contributed by atoms with van der Waals surface area (Å²) in [5, 5.41) is 48.6. The van der Waals surface area contributed by atoms with Crippen molar-refractivity contribution in [2.45, 2.75) is 50.3 Å². The molecule has 2 amide bonds. The number of phenols is 1. The van der Waals surface area contributed by atoms with Crippen molar-refractivity contribution in [3.63, 3.8) is 0 Å². The number of phenolic OH excluding ortho intramolecular Hbond substituents is 1. The Hall–Kier alpha value is -3.94. The third-order valence-corrected chi connectivity index (χ3v) is 9.50. The number of fused-ring (bicyclic) bond motifs is 3. The lowest BCUT2D eigenvalue weighted by Crippen LogP contribution is -2.65. The Morgan fingerprint density at radius 1 is 1.12 bits per heavy atom. The van der Waals surface area contributed by atoms with Gasteiger partial charge in [0, 0.05) is 31.3 Å². The molecule has 4 aliphatic rings. The number of Topliss-reactive ketones (excluding diaryl/α,β-unsaturated/α-hetero) is 2. The molecule has 1 aromatic rings. The molecule has 5 atom stereocenters. The van der Waals surface area contributed by atoms with E-state index in [0.29, 0.717) is 11.3 Å². The van der Waals surface area contributed by atoms with Gasteiger partial charge in [0.15, 0.2) is 11.4 Å². The summed E-state index contributed by atoms with van der Waals surface area (Å²) < 4.78 is 0. The van der Waals surface area contributed by atoms with Gasteiger partial charge in [0.1, 0.15) is 22.8 Å². The summed E-state index contributed by atoms with van der Waals surface area (Å²) in [4.78, 5) is 58.0. The Bertz CT molecular complexity index is 1490. The first-order chi connectivity index (χ1) is 20.1. The predicted octanol–water partition coefficient (Wildman–Crippen LogP) is 0.453. The Kier molecular flexibility index (Phi) is 7.56. The number of aromatic hydroxyl groups is 1. The van der Waals surface area contributed by atoms with Gasteiger partial charge in [-0.1, -0.05) is 0 Å². The highest BCUT2D eigenvalue weighted by molar-refractivity contribution is 6.24. The van der Waals surface area contributed by atoms with Crippen LogP contribution in [-0.2, 0) is 25.6 Å². The molecule has 0 bridgehead atoms. The molecule has 1 aliphatic heterocycles. The van der Waals surface area contributed by atoms with Crippen LogP contribution in [0.15, 0.2) is 23.0 Å². The number of carbonyl (C=O) groups is 4. The van der Waals surface area contributed by atoms with Crippen LogP contribution in [0.1, 0.15) is 37.3 Å². The Labute approximate surface area is 249 Å². The lowest BCUT2D eigenvalue weighted by molar-refractivity contribution is -0.153. The van der Waals surface area contributed by atoms with Crippen LogP contribution >= 0.6 is 0 Å². The zero-order chi connectivity index (χ0) is 31.7. The molecular formula is C30H39N5O8. The number of benzene rings is 1. The summed E-state index contributed by atoms with van der Waals surface area (Å²) >= 11 is 0. The fraction of sp³-hybridized carbons (Fsp3) is 0.533. The minimum Gasteiger partial charge on any atom is -0.508 e. The van der Waals surface area contributed by atoms with E-state index in [1.54, 1.807) is 46.1 Å². The van der Waals surface area contributed by atoms with Crippen LogP contribution in [0.2, 0.25) is 0 Å².